The maximum atomic E-state index is 13.4. The van der Waals surface area contributed by atoms with Gasteiger partial charge in [-0.1, -0.05) is 26.8 Å². The minimum Gasteiger partial charge on any atom is -0.504 e. The number of aldehydes is 1. The summed E-state index contributed by atoms with van der Waals surface area (Å²) in [7, 11) is 1.62. The third kappa shape index (κ3) is 7.20. The van der Waals surface area contributed by atoms with Gasteiger partial charge in [-0.05, 0) is 101 Å². The molecule has 0 aromatic heterocycles. The number of benzene rings is 1. The third-order valence-electron chi connectivity index (χ3n) is 13.1. The number of likely N-dealkylation sites (tertiary alicyclic amines) is 1. The van der Waals surface area contributed by atoms with Gasteiger partial charge in [0.25, 0.3) is 0 Å². The SMILES string of the molecule is COCCOCCOCCOCC(=O)Oc1ccc(C)c([C@]23CCN(CC4CC4)[C@H](C)[C@]24CC[C@](C=O)(C3)[C@@H]([C@](C)(O)C(C)(C)C)C4)c1O. The lowest BCUT2D eigenvalue weighted by atomic mass is 9.33. The van der Waals surface area contributed by atoms with Crippen molar-refractivity contribution in [1.29, 1.82) is 0 Å². The van der Waals surface area contributed by atoms with Crippen LogP contribution in [0.5, 0.6) is 11.5 Å². The Morgan fingerprint density at radius 2 is 1.65 bits per heavy atom. The summed E-state index contributed by atoms with van der Waals surface area (Å²) in [5, 5.41) is 24.3. The first-order valence-corrected chi connectivity index (χ1v) is 18.4. The van der Waals surface area contributed by atoms with Crippen LogP contribution in [0.4, 0.5) is 0 Å². The molecule has 1 aromatic carbocycles. The number of rotatable bonds is 17. The standard InChI is InChI=1S/C39H61NO9/c1-27-8-11-30(49-32(42)24-48-21-20-47-19-18-46-17-16-45-7)34(43)33(27)39-14-15-40(23-29-9-10-29)28(2)38(39)13-12-37(25-39,26-41)31(22-38)36(6,44)35(3,4)5/h8,11,26,28-29,31,43-44H,9-10,12-25H2,1-7H3/t28-,31-,36+,37-,38-,39-/m1/s1. The van der Waals surface area contributed by atoms with Gasteiger partial charge in [-0.3, -0.25) is 4.90 Å². The fourth-order valence-electron chi connectivity index (χ4n) is 9.73. The second-order valence-electron chi connectivity index (χ2n) is 16.6. The number of carbonyl (C=O) groups is 2. The van der Waals surface area contributed by atoms with Gasteiger partial charge in [-0.2, -0.15) is 0 Å². The van der Waals surface area contributed by atoms with Crippen LogP contribution in [0.25, 0.3) is 0 Å². The number of carbonyl (C=O) groups excluding carboxylic acids is 2. The molecule has 0 radical (unpaired) electrons. The van der Waals surface area contributed by atoms with E-state index >= 15 is 0 Å². The third-order valence-corrected chi connectivity index (χ3v) is 13.1. The lowest BCUT2D eigenvalue weighted by Gasteiger charge is -2.73. The number of hydrogen-bond donors (Lipinski definition) is 2. The zero-order valence-corrected chi connectivity index (χ0v) is 31.0. The average Bonchev–Trinajstić information content (AvgIpc) is 3.88. The predicted molar refractivity (Wildman–Crippen MR) is 186 cm³/mol. The molecule has 1 aromatic rings. The second kappa shape index (κ2) is 14.9. The van der Waals surface area contributed by atoms with Crippen LogP contribution in [-0.4, -0.2) is 105 Å². The number of aromatic hydroxyl groups is 1. The monoisotopic (exact) mass is 687 g/mol. The molecule has 2 N–H and O–H groups in total. The van der Waals surface area contributed by atoms with Crippen LogP contribution in [0.2, 0.25) is 0 Å². The molecule has 10 heteroatoms. The Labute approximate surface area is 293 Å². The van der Waals surface area contributed by atoms with Crippen LogP contribution in [0.3, 0.4) is 0 Å². The Morgan fingerprint density at radius 1 is 1.00 bits per heavy atom. The summed E-state index contributed by atoms with van der Waals surface area (Å²) in [6.07, 6.45) is 7.25. The van der Waals surface area contributed by atoms with Crippen molar-refractivity contribution in [3.8, 4) is 11.5 Å². The van der Waals surface area contributed by atoms with Crippen LogP contribution < -0.4 is 4.74 Å². The Morgan fingerprint density at radius 3 is 2.27 bits per heavy atom. The Bertz CT molecular complexity index is 1320. The normalized spacial score (nSPS) is 31.3. The summed E-state index contributed by atoms with van der Waals surface area (Å²) in [4.78, 5) is 29.0. The van der Waals surface area contributed by atoms with Gasteiger partial charge >= 0.3 is 5.97 Å². The first-order valence-electron chi connectivity index (χ1n) is 18.4. The lowest BCUT2D eigenvalue weighted by Crippen LogP contribution is -2.74. The summed E-state index contributed by atoms with van der Waals surface area (Å²) >= 11 is 0. The van der Waals surface area contributed by atoms with E-state index in [-0.39, 0.29) is 42.1 Å². The number of nitrogens with zero attached hydrogens (tertiary/aromatic N) is 1. The quantitative estimate of drug-likeness (QED) is 0.0976. The summed E-state index contributed by atoms with van der Waals surface area (Å²) in [6, 6.07) is 3.75. The zero-order valence-electron chi connectivity index (χ0n) is 31.0. The molecule has 1 heterocycles. The molecular weight excluding hydrogens is 626 g/mol. The van der Waals surface area contributed by atoms with Crippen LogP contribution in [0.1, 0.15) is 90.7 Å². The molecule has 5 fully saturated rings. The molecule has 276 valence electrons. The fourth-order valence-corrected chi connectivity index (χ4v) is 9.73. The number of phenolic OH excluding ortho intramolecular Hbond substituents is 1. The highest BCUT2D eigenvalue weighted by molar-refractivity contribution is 5.75. The number of hydrogen-bond acceptors (Lipinski definition) is 10. The van der Waals surface area contributed by atoms with Crippen molar-refractivity contribution in [3.63, 3.8) is 0 Å². The lowest BCUT2D eigenvalue weighted by molar-refractivity contribution is -0.236. The van der Waals surface area contributed by atoms with Gasteiger partial charge in [0, 0.05) is 42.0 Å². The van der Waals surface area contributed by atoms with Crippen LogP contribution >= 0.6 is 0 Å². The topological polar surface area (TPSA) is 124 Å². The maximum absolute atomic E-state index is 13.4. The van der Waals surface area contributed by atoms with Gasteiger partial charge in [0.15, 0.2) is 11.5 Å². The van der Waals surface area contributed by atoms with Gasteiger partial charge in [0.2, 0.25) is 0 Å². The van der Waals surface area contributed by atoms with Crippen LogP contribution in [0.15, 0.2) is 12.1 Å². The first-order chi connectivity index (χ1) is 23.2. The van der Waals surface area contributed by atoms with Gasteiger partial charge < -0.3 is 38.7 Å². The first kappa shape index (κ1) is 38.2. The molecule has 49 heavy (non-hydrogen) atoms. The zero-order chi connectivity index (χ0) is 35.7. The highest BCUT2D eigenvalue weighted by Gasteiger charge is 2.73. The van der Waals surface area contributed by atoms with E-state index in [2.05, 4.69) is 32.6 Å². The van der Waals surface area contributed by atoms with Crippen molar-refractivity contribution in [2.45, 2.75) is 104 Å². The minimum absolute atomic E-state index is 0.0277. The minimum atomic E-state index is -1.08. The van der Waals surface area contributed by atoms with E-state index in [1.54, 1.807) is 13.2 Å². The number of methoxy groups -OCH3 is 1. The molecule has 2 bridgehead atoms. The average molecular weight is 688 g/mol. The Hall–Kier alpha value is -2.08. The van der Waals surface area contributed by atoms with E-state index in [9.17, 15) is 19.8 Å². The molecule has 4 saturated carbocycles. The predicted octanol–water partition coefficient (Wildman–Crippen LogP) is 5.22. The van der Waals surface area contributed by atoms with E-state index < -0.39 is 27.8 Å². The van der Waals surface area contributed by atoms with Crippen molar-refractivity contribution in [2.24, 2.45) is 28.1 Å². The second-order valence-corrected chi connectivity index (χ2v) is 16.6. The number of ether oxygens (including phenoxy) is 5. The molecule has 1 saturated heterocycles. The van der Waals surface area contributed by atoms with Crippen molar-refractivity contribution < 1.29 is 43.5 Å². The van der Waals surface area contributed by atoms with Gasteiger partial charge in [0.1, 0.15) is 12.9 Å². The number of esters is 1. The number of phenols is 1. The van der Waals surface area contributed by atoms with E-state index in [4.69, 9.17) is 23.7 Å². The van der Waals surface area contributed by atoms with E-state index in [1.165, 1.54) is 12.8 Å². The highest BCUT2D eigenvalue weighted by atomic mass is 16.6. The number of aliphatic hydroxyl groups is 1. The van der Waals surface area contributed by atoms with Crippen molar-refractivity contribution >= 4 is 12.3 Å². The molecule has 6 rings (SSSR count). The maximum Gasteiger partial charge on any atom is 0.337 e. The van der Waals surface area contributed by atoms with Crippen LogP contribution in [-0.2, 0) is 34.0 Å². The van der Waals surface area contributed by atoms with Gasteiger partial charge in [0.05, 0.1) is 45.2 Å². The highest BCUT2D eigenvalue weighted by Crippen LogP contribution is 2.75. The van der Waals surface area contributed by atoms with Crippen molar-refractivity contribution in [2.75, 3.05) is 66.4 Å². The molecule has 6 atom stereocenters. The van der Waals surface area contributed by atoms with Crippen molar-refractivity contribution in [3.05, 3.63) is 23.3 Å². The molecule has 5 aliphatic rings. The molecular formula is C39H61NO9. The summed E-state index contributed by atoms with van der Waals surface area (Å²) in [6.45, 7) is 16.5. The largest absolute Gasteiger partial charge is 0.504 e. The van der Waals surface area contributed by atoms with Crippen molar-refractivity contribution in [1.82, 2.24) is 4.90 Å². The van der Waals surface area contributed by atoms with Crippen LogP contribution in [0, 0.1) is 35.0 Å². The summed E-state index contributed by atoms with van der Waals surface area (Å²) in [5.74, 6) is -0.0249. The molecule has 1 aliphatic heterocycles. The fraction of sp³-hybridized carbons (Fsp3) is 0.795. The van der Waals surface area contributed by atoms with E-state index in [1.807, 2.05) is 19.9 Å². The Balaban J connectivity index is 1.39. The number of piperidine rings is 1. The summed E-state index contributed by atoms with van der Waals surface area (Å²) < 4.78 is 27.0. The number of aryl methyl sites for hydroxylation is 1. The van der Waals surface area contributed by atoms with E-state index in [0.29, 0.717) is 52.3 Å². The van der Waals surface area contributed by atoms with E-state index in [0.717, 1.165) is 49.3 Å². The molecule has 0 unspecified atom stereocenters. The van der Waals surface area contributed by atoms with Gasteiger partial charge in [-0.25, -0.2) is 4.79 Å². The Kier molecular flexibility index (Phi) is 11.6. The molecule has 0 amide bonds. The molecule has 10 nitrogen and oxygen atoms in total. The smallest absolute Gasteiger partial charge is 0.337 e. The summed E-state index contributed by atoms with van der Waals surface area (Å²) in [5.41, 5.74) is -1.38. The molecule has 4 aliphatic carbocycles. The number of fused-ring (bicyclic) bond motifs is 2. The molecule has 1 spiro atoms. The van der Waals surface area contributed by atoms with Gasteiger partial charge in [-0.15, -0.1) is 0 Å².